The lowest BCUT2D eigenvalue weighted by Crippen LogP contribution is -2.39. The van der Waals surface area contributed by atoms with Gasteiger partial charge in [-0.15, -0.1) is 0 Å². The van der Waals surface area contributed by atoms with Crippen molar-refractivity contribution in [3.63, 3.8) is 0 Å². The summed E-state index contributed by atoms with van der Waals surface area (Å²) in [6.45, 7) is 10.4. The fourth-order valence-corrected chi connectivity index (χ4v) is 4.41. The van der Waals surface area contributed by atoms with Crippen molar-refractivity contribution >= 4 is 16.0 Å². The van der Waals surface area contributed by atoms with Crippen molar-refractivity contribution in [1.82, 2.24) is 19.8 Å². The molecule has 0 saturated carbocycles. The van der Waals surface area contributed by atoms with Crippen LogP contribution in [0.5, 0.6) is 0 Å². The van der Waals surface area contributed by atoms with Crippen molar-refractivity contribution in [2.75, 3.05) is 45.5 Å². The maximum absolute atomic E-state index is 11.6. The van der Waals surface area contributed by atoms with Crippen molar-refractivity contribution < 1.29 is 8.42 Å². The number of rotatable bonds is 11. The summed E-state index contributed by atoms with van der Waals surface area (Å²) in [4.78, 5) is 7.16. The van der Waals surface area contributed by atoms with Gasteiger partial charge in [-0.2, -0.15) is 0 Å². The summed E-state index contributed by atoms with van der Waals surface area (Å²) in [5, 5.41) is 6.54. The third-order valence-electron chi connectivity index (χ3n) is 5.09. The Balaban J connectivity index is 1.80. The van der Waals surface area contributed by atoms with E-state index in [9.17, 15) is 8.42 Å². The molecule has 1 aromatic carbocycles. The second kappa shape index (κ2) is 12.1. The van der Waals surface area contributed by atoms with E-state index in [4.69, 9.17) is 0 Å². The van der Waals surface area contributed by atoms with Crippen LogP contribution in [0.2, 0.25) is 0 Å². The topological polar surface area (TPSA) is 77.0 Å². The summed E-state index contributed by atoms with van der Waals surface area (Å²) in [7, 11) is -3.13. The first-order chi connectivity index (χ1) is 13.9. The SMILES string of the molecule is CCNC(=NCc1ccc(CN2CCCC2)cc1)NCCCN(CC)S(C)(=O)=O. The quantitative estimate of drug-likeness (QED) is 0.323. The standard InChI is InChI=1S/C21H37N5O2S/c1-4-22-21(23-13-8-16-26(5-2)29(3,27)28)24-17-19-9-11-20(12-10-19)18-25-14-6-7-15-25/h9-12H,4-8,13-18H2,1-3H3,(H2,22,23,24). The molecule has 1 aromatic rings. The minimum absolute atomic E-state index is 0.501. The normalized spacial score (nSPS) is 15.8. The number of likely N-dealkylation sites (tertiary alicyclic amines) is 1. The Hall–Kier alpha value is -1.64. The molecule has 0 amide bonds. The number of hydrogen-bond acceptors (Lipinski definition) is 4. The van der Waals surface area contributed by atoms with Crippen molar-refractivity contribution in [3.8, 4) is 0 Å². The molecule has 0 radical (unpaired) electrons. The fraction of sp³-hybridized carbons (Fsp3) is 0.667. The predicted octanol–water partition coefficient (Wildman–Crippen LogP) is 2.01. The second-order valence-electron chi connectivity index (χ2n) is 7.53. The van der Waals surface area contributed by atoms with E-state index in [1.54, 1.807) is 0 Å². The van der Waals surface area contributed by atoms with E-state index in [-0.39, 0.29) is 0 Å². The minimum atomic E-state index is -3.13. The molecule has 2 rings (SSSR count). The Bertz CT molecular complexity index is 728. The summed E-state index contributed by atoms with van der Waals surface area (Å²) >= 11 is 0. The number of hydrogen-bond donors (Lipinski definition) is 2. The van der Waals surface area contributed by atoms with Gasteiger partial charge in [0, 0.05) is 32.7 Å². The van der Waals surface area contributed by atoms with Crippen molar-refractivity contribution in [2.24, 2.45) is 4.99 Å². The molecule has 1 fully saturated rings. The zero-order valence-electron chi connectivity index (χ0n) is 18.2. The van der Waals surface area contributed by atoms with Crippen LogP contribution in [0.4, 0.5) is 0 Å². The molecule has 164 valence electrons. The number of nitrogens with one attached hydrogen (secondary N) is 2. The predicted molar refractivity (Wildman–Crippen MR) is 120 cm³/mol. The average molecular weight is 424 g/mol. The van der Waals surface area contributed by atoms with Gasteiger partial charge in [0.2, 0.25) is 10.0 Å². The van der Waals surface area contributed by atoms with E-state index < -0.39 is 10.0 Å². The molecule has 0 aromatic heterocycles. The van der Waals surface area contributed by atoms with Crippen LogP contribution < -0.4 is 10.6 Å². The summed E-state index contributed by atoms with van der Waals surface area (Å²) < 4.78 is 24.8. The molecule has 0 bridgehead atoms. The molecule has 0 spiro atoms. The third-order valence-corrected chi connectivity index (χ3v) is 6.47. The highest BCUT2D eigenvalue weighted by Crippen LogP contribution is 2.13. The van der Waals surface area contributed by atoms with E-state index in [2.05, 4.69) is 44.8 Å². The minimum Gasteiger partial charge on any atom is -0.357 e. The summed E-state index contributed by atoms with van der Waals surface area (Å²) in [6.07, 6.45) is 4.62. The lowest BCUT2D eigenvalue weighted by molar-refractivity contribution is 0.331. The number of nitrogens with zero attached hydrogens (tertiary/aromatic N) is 3. The number of benzene rings is 1. The second-order valence-corrected chi connectivity index (χ2v) is 9.51. The summed E-state index contributed by atoms with van der Waals surface area (Å²) in [5.74, 6) is 0.760. The van der Waals surface area contributed by atoms with Crippen LogP contribution in [0.15, 0.2) is 29.3 Å². The van der Waals surface area contributed by atoms with E-state index in [1.807, 2.05) is 13.8 Å². The Labute approximate surface area is 176 Å². The molecule has 1 saturated heterocycles. The lowest BCUT2D eigenvalue weighted by Gasteiger charge is -2.18. The molecule has 1 aliphatic heterocycles. The number of aliphatic imine (C=N–C) groups is 1. The van der Waals surface area contributed by atoms with Crippen LogP contribution in [-0.2, 0) is 23.1 Å². The number of guanidine groups is 1. The molecule has 2 N–H and O–H groups in total. The summed E-state index contributed by atoms with van der Waals surface area (Å²) in [5.41, 5.74) is 2.54. The van der Waals surface area contributed by atoms with E-state index in [1.165, 1.54) is 47.6 Å². The molecule has 1 heterocycles. The van der Waals surface area contributed by atoms with Crippen LogP contribution >= 0.6 is 0 Å². The van der Waals surface area contributed by atoms with Gasteiger partial charge >= 0.3 is 0 Å². The third kappa shape index (κ3) is 8.72. The lowest BCUT2D eigenvalue weighted by atomic mass is 10.1. The molecule has 1 aliphatic rings. The molecule has 0 aliphatic carbocycles. The van der Waals surface area contributed by atoms with Crippen LogP contribution in [0.1, 0.15) is 44.2 Å². The monoisotopic (exact) mass is 423 g/mol. The van der Waals surface area contributed by atoms with Gasteiger partial charge in [0.1, 0.15) is 0 Å². The highest BCUT2D eigenvalue weighted by atomic mass is 32.2. The van der Waals surface area contributed by atoms with Crippen molar-refractivity contribution in [1.29, 1.82) is 0 Å². The van der Waals surface area contributed by atoms with Gasteiger partial charge in [0.05, 0.1) is 12.8 Å². The van der Waals surface area contributed by atoms with Crippen LogP contribution in [0.3, 0.4) is 0 Å². The van der Waals surface area contributed by atoms with Crippen molar-refractivity contribution in [3.05, 3.63) is 35.4 Å². The van der Waals surface area contributed by atoms with Gasteiger partial charge in [-0.05, 0) is 50.4 Å². The average Bonchev–Trinajstić information content (AvgIpc) is 3.19. The molecule has 29 heavy (non-hydrogen) atoms. The molecular formula is C21H37N5O2S. The first-order valence-corrected chi connectivity index (χ1v) is 12.5. The van der Waals surface area contributed by atoms with Gasteiger partial charge in [0.15, 0.2) is 5.96 Å². The van der Waals surface area contributed by atoms with Crippen LogP contribution in [0.25, 0.3) is 0 Å². The molecule has 0 atom stereocenters. The zero-order chi connectivity index (χ0) is 21.1. The Morgan fingerprint density at radius 2 is 1.76 bits per heavy atom. The van der Waals surface area contributed by atoms with Crippen molar-refractivity contribution in [2.45, 2.75) is 46.2 Å². The Morgan fingerprint density at radius 1 is 1.10 bits per heavy atom. The zero-order valence-corrected chi connectivity index (χ0v) is 19.0. The maximum Gasteiger partial charge on any atom is 0.211 e. The Kier molecular flexibility index (Phi) is 9.90. The van der Waals surface area contributed by atoms with Gasteiger partial charge in [-0.1, -0.05) is 31.2 Å². The highest BCUT2D eigenvalue weighted by molar-refractivity contribution is 7.88. The largest absolute Gasteiger partial charge is 0.357 e. The van der Waals surface area contributed by atoms with E-state index in [0.29, 0.717) is 26.2 Å². The van der Waals surface area contributed by atoms with Crippen LogP contribution in [0, 0.1) is 0 Å². The summed E-state index contributed by atoms with van der Waals surface area (Å²) in [6, 6.07) is 8.72. The molecular weight excluding hydrogens is 386 g/mol. The van der Waals surface area contributed by atoms with Gasteiger partial charge in [0.25, 0.3) is 0 Å². The molecule has 0 unspecified atom stereocenters. The van der Waals surface area contributed by atoms with Gasteiger partial charge < -0.3 is 10.6 Å². The smallest absolute Gasteiger partial charge is 0.211 e. The van der Waals surface area contributed by atoms with Crippen LogP contribution in [-0.4, -0.2) is 69.1 Å². The molecule has 8 heteroatoms. The Morgan fingerprint density at radius 3 is 2.34 bits per heavy atom. The first-order valence-electron chi connectivity index (χ1n) is 10.7. The fourth-order valence-electron chi connectivity index (χ4n) is 3.48. The molecule has 7 nitrogen and oxygen atoms in total. The first kappa shape index (κ1) is 23.6. The van der Waals surface area contributed by atoms with E-state index >= 15 is 0 Å². The van der Waals surface area contributed by atoms with Gasteiger partial charge in [-0.3, -0.25) is 4.90 Å². The maximum atomic E-state index is 11.6. The highest BCUT2D eigenvalue weighted by Gasteiger charge is 2.13. The van der Waals surface area contributed by atoms with Gasteiger partial charge in [-0.25, -0.2) is 17.7 Å². The number of sulfonamides is 1. The van der Waals surface area contributed by atoms with E-state index in [0.717, 1.165) is 25.5 Å².